The lowest BCUT2D eigenvalue weighted by Gasteiger charge is -2.37. The highest BCUT2D eigenvalue weighted by Gasteiger charge is 2.22. The van der Waals surface area contributed by atoms with Crippen molar-refractivity contribution in [1.82, 2.24) is 14.9 Å². The Kier molecular flexibility index (Phi) is 3.54. The van der Waals surface area contributed by atoms with Gasteiger partial charge in [-0.3, -0.25) is 0 Å². The highest BCUT2D eigenvalue weighted by Crippen LogP contribution is 2.13. The van der Waals surface area contributed by atoms with E-state index in [0.29, 0.717) is 16.7 Å². The molecule has 0 bridgehead atoms. The van der Waals surface area contributed by atoms with Crippen LogP contribution in [0.1, 0.15) is 12.6 Å². The monoisotopic (exact) mass is 251 g/mol. The van der Waals surface area contributed by atoms with Gasteiger partial charge in [-0.05, 0) is 20.0 Å². The molecule has 1 aromatic heterocycles. The number of nitrogens with zero attached hydrogens (tertiary/aromatic N) is 4. The highest BCUT2D eigenvalue weighted by molar-refractivity contribution is 7.80. The van der Waals surface area contributed by atoms with Crippen molar-refractivity contribution in [2.45, 2.75) is 13.0 Å². The van der Waals surface area contributed by atoms with Gasteiger partial charge in [-0.1, -0.05) is 12.2 Å². The molecule has 2 rings (SSSR count). The number of anilines is 1. The molecule has 1 aliphatic rings. The minimum atomic E-state index is 0.316. The zero-order valence-corrected chi connectivity index (χ0v) is 10.9. The van der Waals surface area contributed by atoms with Crippen LogP contribution in [0.15, 0.2) is 12.3 Å². The standard InChI is InChI=1S/C11H17N5S/c1-8-7-16(6-5-15(8)2)11-13-4-3-9(14-11)10(12)17/h3-4,8H,5-7H2,1-2H3,(H2,12,17). The summed E-state index contributed by atoms with van der Waals surface area (Å²) in [5, 5.41) is 0. The number of piperazine rings is 1. The Morgan fingerprint density at radius 3 is 2.94 bits per heavy atom. The van der Waals surface area contributed by atoms with Crippen LogP contribution in [0.2, 0.25) is 0 Å². The topological polar surface area (TPSA) is 58.3 Å². The van der Waals surface area contributed by atoms with Crippen LogP contribution in [0, 0.1) is 0 Å². The number of hydrogen-bond donors (Lipinski definition) is 1. The van der Waals surface area contributed by atoms with Gasteiger partial charge >= 0.3 is 0 Å². The van der Waals surface area contributed by atoms with Crippen LogP contribution in [0.4, 0.5) is 5.95 Å². The van der Waals surface area contributed by atoms with Crippen molar-refractivity contribution in [1.29, 1.82) is 0 Å². The normalized spacial score (nSPS) is 21.5. The Morgan fingerprint density at radius 1 is 1.53 bits per heavy atom. The fourth-order valence-corrected chi connectivity index (χ4v) is 1.98. The number of hydrogen-bond acceptors (Lipinski definition) is 5. The van der Waals surface area contributed by atoms with E-state index in [2.05, 4.69) is 33.7 Å². The molecule has 5 nitrogen and oxygen atoms in total. The minimum Gasteiger partial charge on any atom is -0.388 e. The van der Waals surface area contributed by atoms with Crippen molar-refractivity contribution in [3.05, 3.63) is 18.0 Å². The van der Waals surface area contributed by atoms with E-state index >= 15 is 0 Å². The van der Waals surface area contributed by atoms with Gasteiger partial charge in [0, 0.05) is 31.9 Å². The van der Waals surface area contributed by atoms with Crippen LogP contribution >= 0.6 is 12.2 Å². The Labute approximate surface area is 107 Å². The van der Waals surface area contributed by atoms with Gasteiger partial charge in [0.25, 0.3) is 0 Å². The Bertz CT molecular complexity index is 422. The summed E-state index contributed by atoms with van der Waals surface area (Å²) in [6.07, 6.45) is 1.71. The molecule has 1 atom stereocenters. The van der Waals surface area contributed by atoms with Crippen molar-refractivity contribution < 1.29 is 0 Å². The van der Waals surface area contributed by atoms with Crippen molar-refractivity contribution in [3.8, 4) is 0 Å². The number of nitrogens with two attached hydrogens (primary N) is 1. The number of thiocarbonyl (C=S) groups is 1. The number of rotatable bonds is 2. The smallest absolute Gasteiger partial charge is 0.226 e. The third-order valence-corrected chi connectivity index (χ3v) is 3.35. The van der Waals surface area contributed by atoms with Crippen molar-refractivity contribution in [3.63, 3.8) is 0 Å². The van der Waals surface area contributed by atoms with Gasteiger partial charge in [0.1, 0.15) is 10.7 Å². The third-order valence-electron chi connectivity index (χ3n) is 3.14. The summed E-state index contributed by atoms with van der Waals surface area (Å²) in [5.41, 5.74) is 6.21. The van der Waals surface area contributed by atoms with Gasteiger partial charge < -0.3 is 15.5 Å². The van der Waals surface area contributed by atoms with Crippen LogP contribution in [-0.2, 0) is 0 Å². The molecule has 0 radical (unpaired) electrons. The number of aromatic nitrogens is 2. The second-order valence-corrected chi connectivity index (χ2v) is 4.82. The first-order valence-electron chi connectivity index (χ1n) is 5.66. The van der Waals surface area contributed by atoms with Crippen LogP contribution < -0.4 is 10.6 Å². The van der Waals surface area contributed by atoms with Gasteiger partial charge in [-0.15, -0.1) is 0 Å². The van der Waals surface area contributed by atoms with Crippen LogP contribution in [0.3, 0.4) is 0 Å². The van der Waals surface area contributed by atoms with E-state index in [1.54, 1.807) is 12.3 Å². The lowest BCUT2D eigenvalue weighted by Crippen LogP contribution is -2.50. The second kappa shape index (κ2) is 4.93. The molecule has 0 aromatic carbocycles. The van der Waals surface area contributed by atoms with Crippen LogP contribution in [0.5, 0.6) is 0 Å². The van der Waals surface area contributed by atoms with E-state index in [1.807, 2.05) is 0 Å². The maximum absolute atomic E-state index is 5.58. The Hall–Kier alpha value is -1.27. The molecule has 0 spiro atoms. The maximum Gasteiger partial charge on any atom is 0.226 e. The first kappa shape index (κ1) is 12.2. The van der Waals surface area contributed by atoms with Gasteiger partial charge in [-0.2, -0.15) is 0 Å². The second-order valence-electron chi connectivity index (χ2n) is 4.38. The summed E-state index contributed by atoms with van der Waals surface area (Å²) in [5.74, 6) is 0.718. The van der Waals surface area contributed by atoms with Crippen molar-refractivity contribution in [2.24, 2.45) is 5.73 Å². The molecule has 92 valence electrons. The SMILES string of the molecule is CC1CN(c2nccc(C(N)=S)n2)CCN1C. The molecule has 1 aromatic rings. The van der Waals surface area contributed by atoms with Gasteiger partial charge in [0.05, 0.1) is 0 Å². The molecule has 0 saturated carbocycles. The molecule has 2 N–H and O–H groups in total. The maximum atomic E-state index is 5.58. The van der Waals surface area contributed by atoms with Gasteiger partial charge in [-0.25, -0.2) is 9.97 Å². The summed E-state index contributed by atoms with van der Waals surface area (Å²) in [6, 6.07) is 2.24. The molecule has 1 unspecified atom stereocenters. The zero-order valence-electron chi connectivity index (χ0n) is 10.1. The molecule has 0 amide bonds. The quantitative estimate of drug-likeness (QED) is 0.761. The lowest BCUT2D eigenvalue weighted by atomic mass is 10.2. The molecule has 6 heteroatoms. The third kappa shape index (κ3) is 2.70. The molecule has 1 aliphatic heterocycles. The van der Waals surface area contributed by atoms with E-state index in [0.717, 1.165) is 25.6 Å². The predicted octanol–water partition coefficient (Wildman–Crippen LogP) is 0.251. The lowest BCUT2D eigenvalue weighted by molar-refractivity contribution is 0.233. The summed E-state index contributed by atoms with van der Waals surface area (Å²) in [6.45, 7) is 5.07. The first-order valence-corrected chi connectivity index (χ1v) is 6.07. The van der Waals surface area contributed by atoms with Crippen molar-refractivity contribution >= 4 is 23.2 Å². The molecular formula is C11H17N5S. The minimum absolute atomic E-state index is 0.316. The van der Waals surface area contributed by atoms with Crippen LogP contribution in [-0.4, -0.2) is 52.6 Å². The van der Waals surface area contributed by atoms with Gasteiger partial charge in [0.2, 0.25) is 5.95 Å². The van der Waals surface area contributed by atoms with Crippen molar-refractivity contribution in [2.75, 3.05) is 31.6 Å². The fourth-order valence-electron chi connectivity index (χ4n) is 1.87. The molecular weight excluding hydrogens is 234 g/mol. The van der Waals surface area contributed by atoms with E-state index in [-0.39, 0.29) is 0 Å². The predicted molar refractivity (Wildman–Crippen MR) is 72.2 cm³/mol. The van der Waals surface area contributed by atoms with E-state index in [9.17, 15) is 0 Å². The average molecular weight is 251 g/mol. The average Bonchev–Trinajstić information content (AvgIpc) is 2.33. The van der Waals surface area contributed by atoms with E-state index in [4.69, 9.17) is 18.0 Å². The number of likely N-dealkylation sites (N-methyl/N-ethyl adjacent to an activating group) is 1. The van der Waals surface area contributed by atoms with Gasteiger partial charge in [0.15, 0.2) is 0 Å². The zero-order chi connectivity index (χ0) is 12.4. The molecule has 0 aliphatic carbocycles. The molecule has 2 heterocycles. The Balaban J connectivity index is 2.17. The summed E-state index contributed by atoms with van der Waals surface area (Å²) >= 11 is 4.93. The van der Waals surface area contributed by atoms with E-state index in [1.165, 1.54) is 0 Å². The fraction of sp³-hybridized carbons (Fsp3) is 0.545. The Morgan fingerprint density at radius 2 is 2.29 bits per heavy atom. The first-order chi connectivity index (χ1) is 8.08. The summed E-state index contributed by atoms with van der Waals surface area (Å²) in [4.78, 5) is 13.5. The molecule has 17 heavy (non-hydrogen) atoms. The van der Waals surface area contributed by atoms with E-state index < -0.39 is 0 Å². The molecule has 1 fully saturated rings. The highest BCUT2D eigenvalue weighted by atomic mass is 32.1. The molecule has 1 saturated heterocycles. The largest absolute Gasteiger partial charge is 0.388 e. The summed E-state index contributed by atoms with van der Waals surface area (Å²) < 4.78 is 0. The van der Waals surface area contributed by atoms with Crippen LogP contribution in [0.25, 0.3) is 0 Å². The summed E-state index contributed by atoms with van der Waals surface area (Å²) in [7, 11) is 2.13.